The minimum Gasteiger partial charge on any atom is -0.465 e. The van der Waals surface area contributed by atoms with Gasteiger partial charge in [-0.15, -0.1) is 0 Å². The molecule has 1 atom stereocenters. The first-order valence-corrected chi connectivity index (χ1v) is 7.80. The number of likely N-dealkylation sites (tertiary alicyclic amines) is 1. The Labute approximate surface area is 132 Å². The highest BCUT2D eigenvalue weighted by atomic mass is 16.5. The molecular weight excluding hydrogens is 278 g/mol. The Bertz CT molecular complexity index is 560. The summed E-state index contributed by atoms with van der Waals surface area (Å²) in [5.74, 6) is 0.159. The van der Waals surface area contributed by atoms with E-state index in [9.17, 15) is 9.59 Å². The number of carbonyl (C=O) groups excluding carboxylic acids is 2. The molecule has 1 aromatic carbocycles. The molecule has 1 aliphatic heterocycles. The molecule has 120 valence electrons. The van der Waals surface area contributed by atoms with E-state index in [1.807, 2.05) is 43.9 Å². The van der Waals surface area contributed by atoms with Crippen molar-refractivity contribution in [2.75, 3.05) is 20.2 Å². The summed E-state index contributed by atoms with van der Waals surface area (Å²) >= 11 is 0. The van der Waals surface area contributed by atoms with Gasteiger partial charge < -0.3 is 9.64 Å². The van der Waals surface area contributed by atoms with Gasteiger partial charge in [0.05, 0.1) is 12.7 Å². The van der Waals surface area contributed by atoms with E-state index in [0.29, 0.717) is 5.56 Å². The molecule has 1 unspecified atom stereocenters. The van der Waals surface area contributed by atoms with Crippen LogP contribution in [0.4, 0.5) is 0 Å². The summed E-state index contributed by atoms with van der Waals surface area (Å²) < 4.78 is 4.78. The fourth-order valence-electron chi connectivity index (χ4n) is 2.95. The van der Waals surface area contributed by atoms with E-state index in [2.05, 4.69) is 0 Å². The van der Waals surface area contributed by atoms with Gasteiger partial charge in [-0.1, -0.05) is 32.9 Å². The van der Waals surface area contributed by atoms with E-state index in [0.717, 1.165) is 31.5 Å². The predicted octanol–water partition coefficient (Wildman–Crippen LogP) is 3.23. The summed E-state index contributed by atoms with van der Waals surface area (Å²) in [4.78, 5) is 26.1. The molecule has 4 nitrogen and oxygen atoms in total. The van der Waals surface area contributed by atoms with Crippen molar-refractivity contribution in [1.29, 1.82) is 0 Å². The Morgan fingerprint density at radius 1 is 1.27 bits per heavy atom. The van der Waals surface area contributed by atoms with Gasteiger partial charge in [0, 0.05) is 24.4 Å². The van der Waals surface area contributed by atoms with Gasteiger partial charge in [0.1, 0.15) is 0 Å². The SMILES string of the molecule is COC(=O)c1cccc(C2CCCN(C(=O)C(C)(C)C)C2)c1. The molecule has 0 aliphatic carbocycles. The van der Waals surface area contributed by atoms with Crippen LogP contribution in [-0.4, -0.2) is 37.0 Å². The number of esters is 1. The van der Waals surface area contributed by atoms with Crippen LogP contribution in [0.15, 0.2) is 24.3 Å². The van der Waals surface area contributed by atoms with Gasteiger partial charge in [-0.25, -0.2) is 4.79 Å². The molecule has 22 heavy (non-hydrogen) atoms. The topological polar surface area (TPSA) is 46.6 Å². The van der Waals surface area contributed by atoms with E-state index >= 15 is 0 Å². The fraction of sp³-hybridized carbons (Fsp3) is 0.556. The normalized spacial score (nSPS) is 18.9. The summed E-state index contributed by atoms with van der Waals surface area (Å²) in [6.07, 6.45) is 2.04. The lowest BCUT2D eigenvalue weighted by atomic mass is 9.87. The second kappa shape index (κ2) is 6.51. The van der Waals surface area contributed by atoms with Crippen LogP contribution in [0, 0.1) is 5.41 Å². The molecule has 0 bridgehead atoms. The van der Waals surface area contributed by atoms with E-state index in [4.69, 9.17) is 4.74 Å². The van der Waals surface area contributed by atoms with Crippen LogP contribution in [0.2, 0.25) is 0 Å². The second-order valence-corrected chi connectivity index (χ2v) is 6.96. The van der Waals surface area contributed by atoms with E-state index < -0.39 is 0 Å². The number of nitrogens with zero attached hydrogens (tertiary/aromatic N) is 1. The van der Waals surface area contributed by atoms with Crippen molar-refractivity contribution in [2.24, 2.45) is 5.41 Å². The van der Waals surface area contributed by atoms with Crippen molar-refractivity contribution in [1.82, 2.24) is 4.90 Å². The van der Waals surface area contributed by atoms with Crippen molar-refractivity contribution in [3.8, 4) is 0 Å². The summed E-state index contributed by atoms with van der Waals surface area (Å²) in [7, 11) is 1.39. The summed E-state index contributed by atoms with van der Waals surface area (Å²) in [6, 6.07) is 7.56. The number of amides is 1. The Kier molecular flexibility index (Phi) is 4.89. The minimum atomic E-state index is -0.351. The van der Waals surface area contributed by atoms with Gasteiger partial charge in [0.25, 0.3) is 0 Å². The number of carbonyl (C=O) groups is 2. The van der Waals surface area contributed by atoms with Crippen molar-refractivity contribution in [3.05, 3.63) is 35.4 Å². The number of piperidine rings is 1. The maximum Gasteiger partial charge on any atom is 0.337 e. The van der Waals surface area contributed by atoms with E-state index in [-0.39, 0.29) is 23.2 Å². The molecular formula is C18H25NO3. The first kappa shape index (κ1) is 16.5. The number of ether oxygens (including phenoxy) is 1. The maximum atomic E-state index is 12.5. The lowest BCUT2D eigenvalue weighted by Crippen LogP contribution is -2.44. The minimum absolute atomic E-state index is 0.196. The lowest BCUT2D eigenvalue weighted by Gasteiger charge is -2.36. The third-order valence-electron chi connectivity index (χ3n) is 4.13. The van der Waals surface area contributed by atoms with Gasteiger partial charge in [0.2, 0.25) is 5.91 Å². The van der Waals surface area contributed by atoms with Gasteiger partial charge >= 0.3 is 5.97 Å². The van der Waals surface area contributed by atoms with Crippen molar-refractivity contribution in [3.63, 3.8) is 0 Å². The van der Waals surface area contributed by atoms with Crippen LogP contribution in [0.1, 0.15) is 55.5 Å². The largest absolute Gasteiger partial charge is 0.465 e. The quantitative estimate of drug-likeness (QED) is 0.788. The van der Waals surface area contributed by atoms with Crippen LogP contribution < -0.4 is 0 Å². The summed E-state index contributed by atoms with van der Waals surface area (Å²) in [5, 5.41) is 0. The molecule has 4 heteroatoms. The Balaban J connectivity index is 2.16. The van der Waals surface area contributed by atoms with Crippen LogP contribution in [-0.2, 0) is 9.53 Å². The zero-order valence-corrected chi connectivity index (χ0v) is 13.9. The molecule has 1 aromatic rings. The Morgan fingerprint density at radius 3 is 2.64 bits per heavy atom. The highest BCUT2D eigenvalue weighted by Crippen LogP contribution is 2.30. The lowest BCUT2D eigenvalue weighted by molar-refractivity contribution is -0.140. The predicted molar refractivity (Wildman–Crippen MR) is 85.8 cm³/mol. The van der Waals surface area contributed by atoms with Crippen LogP contribution >= 0.6 is 0 Å². The molecule has 1 heterocycles. The number of benzene rings is 1. The molecule has 1 saturated heterocycles. The number of rotatable bonds is 2. The van der Waals surface area contributed by atoms with E-state index in [1.165, 1.54) is 7.11 Å². The first-order valence-electron chi connectivity index (χ1n) is 7.80. The van der Waals surface area contributed by atoms with Crippen molar-refractivity contribution in [2.45, 2.75) is 39.5 Å². The molecule has 0 radical (unpaired) electrons. The second-order valence-electron chi connectivity index (χ2n) is 6.96. The van der Waals surface area contributed by atoms with Crippen LogP contribution in [0.5, 0.6) is 0 Å². The third-order valence-corrected chi connectivity index (χ3v) is 4.13. The zero-order chi connectivity index (χ0) is 16.3. The highest BCUT2D eigenvalue weighted by molar-refractivity contribution is 5.89. The zero-order valence-electron chi connectivity index (χ0n) is 13.9. The average molecular weight is 303 g/mol. The molecule has 0 saturated carbocycles. The third kappa shape index (κ3) is 3.67. The fourth-order valence-corrected chi connectivity index (χ4v) is 2.95. The van der Waals surface area contributed by atoms with Crippen molar-refractivity contribution >= 4 is 11.9 Å². The molecule has 0 spiro atoms. The Morgan fingerprint density at radius 2 is 2.00 bits per heavy atom. The number of hydrogen-bond donors (Lipinski definition) is 0. The summed E-state index contributed by atoms with van der Waals surface area (Å²) in [6.45, 7) is 7.41. The monoisotopic (exact) mass is 303 g/mol. The van der Waals surface area contributed by atoms with Crippen LogP contribution in [0.3, 0.4) is 0 Å². The van der Waals surface area contributed by atoms with Gasteiger partial charge in [-0.2, -0.15) is 0 Å². The number of methoxy groups -OCH3 is 1. The standard InChI is InChI=1S/C18H25NO3/c1-18(2,3)17(21)19-10-6-9-15(12-19)13-7-5-8-14(11-13)16(20)22-4/h5,7-8,11,15H,6,9-10,12H2,1-4H3. The highest BCUT2D eigenvalue weighted by Gasteiger charge is 2.31. The van der Waals surface area contributed by atoms with Crippen LogP contribution in [0.25, 0.3) is 0 Å². The summed E-state index contributed by atoms with van der Waals surface area (Å²) in [5.41, 5.74) is 1.32. The average Bonchev–Trinajstić information content (AvgIpc) is 2.52. The first-order chi connectivity index (χ1) is 10.3. The van der Waals surface area contributed by atoms with Gasteiger partial charge in [0.15, 0.2) is 0 Å². The maximum absolute atomic E-state index is 12.5. The molecule has 0 aromatic heterocycles. The molecule has 1 aliphatic rings. The van der Waals surface area contributed by atoms with Gasteiger partial charge in [-0.05, 0) is 30.5 Å². The van der Waals surface area contributed by atoms with E-state index in [1.54, 1.807) is 6.07 Å². The molecule has 0 N–H and O–H groups in total. The molecule has 1 amide bonds. The smallest absolute Gasteiger partial charge is 0.337 e. The molecule has 1 fully saturated rings. The molecule has 2 rings (SSSR count). The number of hydrogen-bond acceptors (Lipinski definition) is 3. The van der Waals surface area contributed by atoms with Gasteiger partial charge in [-0.3, -0.25) is 4.79 Å². The van der Waals surface area contributed by atoms with Crippen molar-refractivity contribution < 1.29 is 14.3 Å². The Hall–Kier alpha value is -1.84.